The number of hydrogen-bond acceptors (Lipinski definition) is 3. The van der Waals surface area contributed by atoms with Gasteiger partial charge in [-0.2, -0.15) is 0 Å². The minimum Gasteiger partial charge on any atom is -0.370 e. The summed E-state index contributed by atoms with van der Waals surface area (Å²) in [6, 6.07) is 9.01. The van der Waals surface area contributed by atoms with Crippen molar-refractivity contribution in [2.75, 3.05) is 13.6 Å². The van der Waals surface area contributed by atoms with E-state index < -0.39 is 11.9 Å². The van der Waals surface area contributed by atoms with Crippen molar-refractivity contribution in [3.8, 4) is 0 Å². The molecule has 0 aliphatic carbocycles. The van der Waals surface area contributed by atoms with Crippen molar-refractivity contribution in [2.45, 2.75) is 18.9 Å². The maximum absolute atomic E-state index is 11.8. The Labute approximate surface area is 119 Å². The fourth-order valence-corrected chi connectivity index (χ4v) is 1.64. The van der Waals surface area contributed by atoms with Crippen LogP contribution >= 0.6 is 12.4 Å². The number of nitrogens with two attached hydrogens (primary N) is 2. The zero-order chi connectivity index (χ0) is 13.5. The standard InChI is InChI=1S/C13H19N3O2.ClH/c1-16(13(18)11(14)9-12(15)17)8-7-10-5-3-2-4-6-10;/h2-6,11H,7-9,14H2,1H3,(H2,15,17);1H. The molecule has 0 fully saturated rings. The lowest BCUT2D eigenvalue weighted by Crippen LogP contribution is -2.44. The number of primary amides is 1. The van der Waals surface area contributed by atoms with E-state index in [1.54, 1.807) is 7.05 Å². The average Bonchev–Trinajstić information content (AvgIpc) is 2.35. The van der Waals surface area contributed by atoms with Gasteiger partial charge in [-0.25, -0.2) is 0 Å². The van der Waals surface area contributed by atoms with E-state index in [-0.39, 0.29) is 24.7 Å². The van der Waals surface area contributed by atoms with Crippen LogP contribution in [-0.4, -0.2) is 36.3 Å². The lowest BCUT2D eigenvalue weighted by Gasteiger charge is -2.20. The number of halogens is 1. The maximum Gasteiger partial charge on any atom is 0.239 e. The Bertz CT molecular complexity index is 412. The van der Waals surface area contributed by atoms with Gasteiger partial charge in [0, 0.05) is 13.6 Å². The second-order valence-corrected chi connectivity index (χ2v) is 4.27. The molecule has 0 heterocycles. The molecule has 1 aromatic carbocycles. The fourth-order valence-electron chi connectivity index (χ4n) is 1.64. The Morgan fingerprint density at radius 1 is 1.26 bits per heavy atom. The number of carbonyl (C=O) groups excluding carboxylic acids is 2. The van der Waals surface area contributed by atoms with Gasteiger partial charge in [-0.3, -0.25) is 9.59 Å². The van der Waals surface area contributed by atoms with E-state index in [9.17, 15) is 9.59 Å². The predicted molar refractivity (Wildman–Crippen MR) is 76.8 cm³/mol. The summed E-state index contributed by atoms with van der Waals surface area (Å²) in [4.78, 5) is 24.0. The van der Waals surface area contributed by atoms with E-state index in [2.05, 4.69) is 0 Å². The molecule has 1 unspecified atom stereocenters. The number of carbonyl (C=O) groups is 2. The van der Waals surface area contributed by atoms with Crippen LogP contribution in [0.15, 0.2) is 30.3 Å². The summed E-state index contributed by atoms with van der Waals surface area (Å²) in [5.41, 5.74) is 11.8. The molecule has 2 amide bonds. The zero-order valence-corrected chi connectivity index (χ0v) is 11.7. The highest BCUT2D eigenvalue weighted by Gasteiger charge is 2.19. The molecule has 6 heteroatoms. The van der Waals surface area contributed by atoms with Gasteiger partial charge < -0.3 is 16.4 Å². The van der Waals surface area contributed by atoms with E-state index in [1.807, 2.05) is 30.3 Å². The summed E-state index contributed by atoms with van der Waals surface area (Å²) in [5, 5.41) is 0. The lowest BCUT2D eigenvalue weighted by atomic mass is 10.1. The summed E-state index contributed by atoms with van der Waals surface area (Å²) in [6.07, 6.45) is 0.640. The number of rotatable bonds is 6. The average molecular weight is 286 g/mol. The number of benzene rings is 1. The largest absolute Gasteiger partial charge is 0.370 e. The minimum absolute atomic E-state index is 0. The SMILES string of the molecule is CN(CCc1ccccc1)C(=O)C(N)CC(N)=O.Cl. The predicted octanol–water partition coefficient (Wildman–Crippen LogP) is 0.312. The van der Waals surface area contributed by atoms with Gasteiger partial charge in [0.05, 0.1) is 12.5 Å². The minimum atomic E-state index is -0.844. The van der Waals surface area contributed by atoms with Crippen molar-refractivity contribution in [1.29, 1.82) is 0 Å². The Hall–Kier alpha value is -1.59. The molecule has 5 nitrogen and oxygen atoms in total. The van der Waals surface area contributed by atoms with Gasteiger partial charge in [0.1, 0.15) is 0 Å². The van der Waals surface area contributed by atoms with Gasteiger partial charge in [0.2, 0.25) is 11.8 Å². The van der Waals surface area contributed by atoms with Crippen LogP contribution in [0.1, 0.15) is 12.0 Å². The molecule has 0 aliphatic rings. The normalized spacial score (nSPS) is 11.3. The van der Waals surface area contributed by atoms with Gasteiger partial charge in [0.15, 0.2) is 0 Å². The molecular formula is C13H20ClN3O2. The molecule has 0 aliphatic heterocycles. The molecule has 0 bridgehead atoms. The quantitative estimate of drug-likeness (QED) is 0.788. The Kier molecular flexibility index (Phi) is 7.79. The third-order valence-electron chi connectivity index (χ3n) is 2.69. The van der Waals surface area contributed by atoms with E-state index in [1.165, 1.54) is 4.90 Å². The molecule has 0 saturated heterocycles. The fraction of sp³-hybridized carbons (Fsp3) is 0.385. The highest BCUT2D eigenvalue weighted by molar-refractivity contribution is 5.87. The van der Waals surface area contributed by atoms with Gasteiger partial charge in [-0.15, -0.1) is 12.4 Å². The van der Waals surface area contributed by atoms with E-state index in [0.717, 1.165) is 12.0 Å². The molecule has 1 atom stereocenters. The number of nitrogens with zero attached hydrogens (tertiary/aromatic N) is 1. The molecule has 1 rings (SSSR count). The number of likely N-dealkylation sites (N-methyl/N-ethyl adjacent to an activating group) is 1. The third-order valence-corrected chi connectivity index (χ3v) is 2.69. The second-order valence-electron chi connectivity index (χ2n) is 4.27. The molecule has 0 aromatic heterocycles. The Balaban J connectivity index is 0.00000324. The van der Waals surface area contributed by atoms with E-state index in [0.29, 0.717) is 6.54 Å². The lowest BCUT2D eigenvalue weighted by molar-refractivity contribution is -0.133. The molecule has 0 radical (unpaired) electrons. The highest BCUT2D eigenvalue weighted by atomic mass is 35.5. The Morgan fingerprint density at radius 3 is 2.37 bits per heavy atom. The van der Waals surface area contributed by atoms with Crippen LogP contribution in [0.25, 0.3) is 0 Å². The molecule has 4 N–H and O–H groups in total. The van der Waals surface area contributed by atoms with Crippen LogP contribution in [0, 0.1) is 0 Å². The summed E-state index contributed by atoms with van der Waals surface area (Å²) in [6.45, 7) is 0.565. The molecular weight excluding hydrogens is 266 g/mol. The molecule has 19 heavy (non-hydrogen) atoms. The van der Waals surface area contributed by atoms with Crippen LogP contribution in [0.3, 0.4) is 0 Å². The summed E-state index contributed by atoms with van der Waals surface area (Å²) < 4.78 is 0. The van der Waals surface area contributed by atoms with Crippen molar-refractivity contribution >= 4 is 24.2 Å². The van der Waals surface area contributed by atoms with Crippen molar-refractivity contribution in [2.24, 2.45) is 11.5 Å². The van der Waals surface area contributed by atoms with Gasteiger partial charge in [-0.05, 0) is 12.0 Å². The molecule has 106 valence electrons. The van der Waals surface area contributed by atoms with Crippen LogP contribution in [-0.2, 0) is 16.0 Å². The first kappa shape index (κ1) is 17.4. The van der Waals surface area contributed by atoms with Crippen LogP contribution < -0.4 is 11.5 Å². The van der Waals surface area contributed by atoms with E-state index >= 15 is 0 Å². The summed E-state index contributed by atoms with van der Waals surface area (Å²) in [5.74, 6) is -0.822. The van der Waals surface area contributed by atoms with Crippen molar-refractivity contribution in [3.05, 3.63) is 35.9 Å². The van der Waals surface area contributed by atoms with Gasteiger partial charge >= 0.3 is 0 Å². The zero-order valence-electron chi connectivity index (χ0n) is 10.9. The topological polar surface area (TPSA) is 89.4 Å². The van der Waals surface area contributed by atoms with E-state index in [4.69, 9.17) is 11.5 Å². The molecule has 1 aromatic rings. The number of amides is 2. The Morgan fingerprint density at radius 2 is 1.84 bits per heavy atom. The van der Waals surface area contributed by atoms with Crippen LogP contribution in [0.5, 0.6) is 0 Å². The first-order valence-electron chi connectivity index (χ1n) is 5.83. The highest BCUT2D eigenvalue weighted by Crippen LogP contribution is 2.02. The first-order chi connectivity index (χ1) is 8.50. The summed E-state index contributed by atoms with van der Waals surface area (Å²) >= 11 is 0. The van der Waals surface area contributed by atoms with Crippen LogP contribution in [0.4, 0.5) is 0 Å². The monoisotopic (exact) mass is 285 g/mol. The first-order valence-corrected chi connectivity index (χ1v) is 5.83. The van der Waals surface area contributed by atoms with Gasteiger partial charge in [-0.1, -0.05) is 30.3 Å². The molecule has 0 saturated carbocycles. The van der Waals surface area contributed by atoms with Crippen molar-refractivity contribution < 1.29 is 9.59 Å². The maximum atomic E-state index is 11.8. The van der Waals surface area contributed by atoms with Gasteiger partial charge in [0.25, 0.3) is 0 Å². The number of hydrogen-bond donors (Lipinski definition) is 2. The second kappa shape index (κ2) is 8.50. The molecule has 0 spiro atoms. The van der Waals surface area contributed by atoms with Crippen molar-refractivity contribution in [1.82, 2.24) is 4.90 Å². The summed E-state index contributed by atoms with van der Waals surface area (Å²) in [7, 11) is 1.67. The van der Waals surface area contributed by atoms with Crippen LogP contribution in [0.2, 0.25) is 0 Å². The third kappa shape index (κ3) is 6.22. The smallest absolute Gasteiger partial charge is 0.239 e. The van der Waals surface area contributed by atoms with Crippen molar-refractivity contribution in [3.63, 3.8) is 0 Å².